The highest BCUT2D eigenvalue weighted by Crippen LogP contribution is 2.44. The molecule has 2 aliphatic heterocycles. The van der Waals surface area contributed by atoms with Crippen LogP contribution >= 0.6 is 0 Å². The second-order valence-corrected chi connectivity index (χ2v) is 4.75. The summed E-state index contributed by atoms with van der Waals surface area (Å²) < 4.78 is 23.8. The van der Waals surface area contributed by atoms with Gasteiger partial charge in [-0.2, -0.15) is 0 Å². The Bertz CT molecular complexity index is 224. The van der Waals surface area contributed by atoms with Crippen LogP contribution in [0.1, 0.15) is 46.0 Å². The van der Waals surface area contributed by atoms with Gasteiger partial charge in [-0.3, -0.25) is 0 Å². The Balaban J connectivity index is 2.19. The lowest BCUT2D eigenvalue weighted by Crippen LogP contribution is -2.67. The number of unbranched alkanes of at least 4 members (excludes halogenated alkanes) is 1. The van der Waals surface area contributed by atoms with Crippen LogP contribution in [0.3, 0.4) is 0 Å². The highest BCUT2D eigenvalue weighted by molar-refractivity contribution is 4.93. The molecule has 0 radical (unpaired) electrons. The van der Waals surface area contributed by atoms with Gasteiger partial charge in [0.05, 0.1) is 26.4 Å². The van der Waals surface area contributed by atoms with Crippen LogP contribution in [0, 0.1) is 0 Å². The van der Waals surface area contributed by atoms with Gasteiger partial charge in [0, 0.05) is 12.8 Å². The first-order valence-corrected chi connectivity index (χ1v) is 6.84. The lowest BCUT2D eigenvalue weighted by Gasteiger charge is -2.53. The first-order chi connectivity index (χ1) is 8.29. The molecule has 17 heavy (non-hydrogen) atoms. The van der Waals surface area contributed by atoms with Gasteiger partial charge < -0.3 is 18.9 Å². The molecule has 0 N–H and O–H groups in total. The highest BCUT2D eigenvalue weighted by Gasteiger charge is 2.59. The molecule has 0 atom stereocenters. The Hall–Kier alpha value is -0.160. The van der Waals surface area contributed by atoms with Crippen molar-refractivity contribution in [2.75, 3.05) is 26.4 Å². The Morgan fingerprint density at radius 1 is 0.706 bits per heavy atom. The van der Waals surface area contributed by atoms with Crippen molar-refractivity contribution < 1.29 is 18.9 Å². The van der Waals surface area contributed by atoms with E-state index in [0.717, 1.165) is 32.1 Å². The summed E-state index contributed by atoms with van der Waals surface area (Å²) in [7, 11) is 0. The summed E-state index contributed by atoms with van der Waals surface area (Å²) in [5.41, 5.74) is 0. The van der Waals surface area contributed by atoms with E-state index in [9.17, 15) is 0 Å². The molecule has 0 amide bonds. The molecule has 0 aliphatic carbocycles. The molecule has 100 valence electrons. The summed E-state index contributed by atoms with van der Waals surface area (Å²) in [5, 5.41) is 0. The zero-order chi connectivity index (χ0) is 12.2. The van der Waals surface area contributed by atoms with Gasteiger partial charge in [-0.1, -0.05) is 26.7 Å². The normalized spacial score (nSPS) is 37.8. The molecular formula is C13H24O4. The summed E-state index contributed by atoms with van der Waals surface area (Å²) >= 11 is 0. The summed E-state index contributed by atoms with van der Waals surface area (Å²) in [6.45, 7) is 6.69. The van der Waals surface area contributed by atoms with Gasteiger partial charge in [-0.05, 0) is 6.42 Å². The minimum absolute atomic E-state index is 0.594. The Morgan fingerprint density at radius 2 is 1.18 bits per heavy atom. The van der Waals surface area contributed by atoms with Crippen molar-refractivity contribution in [2.45, 2.75) is 57.5 Å². The predicted molar refractivity (Wildman–Crippen MR) is 63.7 cm³/mol. The van der Waals surface area contributed by atoms with Gasteiger partial charge >= 0.3 is 0 Å². The number of fused-ring (bicyclic) bond motifs is 1. The molecule has 2 rings (SSSR count). The maximum Gasteiger partial charge on any atom is 0.223 e. The Kier molecular flexibility index (Phi) is 4.42. The monoisotopic (exact) mass is 244 g/mol. The number of hydrogen-bond acceptors (Lipinski definition) is 4. The van der Waals surface area contributed by atoms with Crippen LogP contribution in [0.2, 0.25) is 0 Å². The van der Waals surface area contributed by atoms with Crippen LogP contribution in [0.5, 0.6) is 0 Å². The van der Waals surface area contributed by atoms with Crippen LogP contribution in [-0.4, -0.2) is 38.0 Å². The average Bonchev–Trinajstić information content (AvgIpc) is 2.37. The summed E-state index contributed by atoms with van der Waals surface area (Å²) in [5.74, 6) is -1.34. The first kappa shape index (κ1) is 13.3. The molecule has 2 heterocycles. The van der Waals surface area contributed by atoms with Crippen LogP contribution in [0.4, 0.5) is 0 Å². The number of ether oxygens (including phenoxy) is 4. The van der Waals surface area contributed by atoms with E-state index >= 15 is 0 Å². The Morgan fingerprint density at radius 3 is 1.59 bits per heavy atom. The molecule has 2 fully saturated rings. The first-order valence-electron chi connectivity index (χ1n) is 6.84. The standard InChI is InChI=1S/C13H24O4/c1-3-5-7-13-12(6-4-2,14-8-10-16-13)15-9-11-17-13/h3-11H2,1-2H3. The fourth-order valence-corrected chi connectivity index (χ4v) is 2.76. The molecule has 0 saturated carbocycles. The quantitative estimate of drug-likeness (QED) is 0.744. The third-order valence-electron chi connectivity index (χ3n) is 3.53. The van der Waals surface area contributed by atoms with E-state index in [4.69, 9.17) is 18.9 Å². The lowest BCUT2D eigenvalue weighted by molar-refractivity contribution is -0.467. The third-order valence-corrected chi connectivity index (χ3v) is 3.53. The fourth-order valence-electron chi connectivity index (χ4n) is 2.76. The minimum atomic E-state index is -0.673. The summed E-state index contributed by atoms with van der Waals surface area (Å²) in [4.78, 5) is 0. The average molecular weight is 244 g/mol. The molecule has 2 saturated heterocycles. The molecule has 0 aromatic rings. The van der Waals surface area contributed by atoms with E-state index in [-0.39, 0.29) is 0 Å². The topological polar surface area (TPSA) is 36.9 Å². The summed E-state index contributed by atoms with van der Waals surface area (Å²) in [6.07, 6.45) is 4.87. The minimum Gasteiger partial charge on any atom is -0.343 e. The number of rotatable bonds is 5. The molecule has 0 spiro atoms. The molecule has 0 bridgehead atoms. The third kappa shape index (κ3) is 2.36. The molecule has 2 aliphatic rings. The van der Waals surface area contributed by atoms with Crippen LogP contribution < -0.4 is 0 Å². The Labute approximate surface area is 104 Å². The summed E-state index contributed by atoms with van der Waals surface area (Å²) in [6, 6.07) is 0. The predicted octanol–water partition coefficient (Wildman–Crippen LogP) is 2.46. The van der Waals surface area contributed by atoms with Crippen molar-refractivity contribution in [3.05, 3.63) is 0 Å². The van der Waals surface area contributed by atoms with Crippen molar-refractivity contribution in [1.29, 1.82) is 0 Å². The second-order valence-electron chi connectivity index (χ2n) is 4.75. The fraction of sp³-hybridized carbons (Fsp3) is 1.00. The molecule has 0 aromatic heterocycles. The molecule has 4 nitrogen and oxygen atoms in total. The van der Waals surface area contributed by atoms with E-state index in [0.29, 0.717) is 26.4 Å². The number of hydrogen-bond donors (Lipinski definition) is 0. The van der Waals surface area contributed by atoms with Crippen molar-refractivity contribution in [3.8, 4) is 0 Å². The zero-order valence-electron chi connectivity index (χ0n) is 11.0. The maximum atomic E-state index is 5.96. The van der Waals surface area contributed by atoms with E-state index in [1.54, 1.807) is 0 Å². The van der Waals surface area contributed by atoms with Gasteiger partial charge in [0.15, 0.2) is 0 Å². The maximum absolute atomic E-state index is 5.96. The van der Waals surface area contributed by atoms with Crippen molar-refractivity contribution in [1.82, 2.24) is 0 Å². The van der Waals surface area contributed by atoms with E-state index in [1.165, 1.54) is 0 Å². The van der Waals surface area contributed by atoms with Crippen molar-refractivity contribution >= 4 is 0 Å². The van der Waals surface area contributed by atoms with Gasteiger partial charge in [-0.25, -0.2) is 0 Å². The van der Waals surface area contributed by atoms with E-state index < -0.39 is 11.6 Å². The van der Waals surface area contributed by atoms with Crippen LogP contribution in [0.25, 0.3) is 0 Å². The molecule has 0 unspecified atom stereocenters. The largest absolute Gasteiger partial charge is 0.343 e. The molecule has 0 aromatic carbocycles. The SMILES string of the molecule is CCCCC12OCCOC1(CCC)OCCO2. The van der Waals surface area contributed by atoms with Gasteiger partial charge in [-0.15, -0.1) is 0 Å². The van der Waals surface area contributed by atoms with Crippen LogP contribution in [-0.2, 0) is 18.9 Å². The highest BCUT2D eigenvalue weighted by atomic mass is 16.8. The molecular weight excluding hydrogens is 220 g/mol. The zero-order valence-corrected chi connectivity index (χ0v) is 11.0. The molecule has 4 heteroatoms. The van der Waals surface area contributed by atoms with Gasteiger partial charge in [0.25, 0.3) is 0 Å². The van der Waals surface area contributed by atoms with E-state index in [1.807, 2.05) is 0 Å². The second kappa shape index (κ2) is 5.65. The van der Waals surface area contributed by atoms with Gasteiger partial charge in [0.2, 0.25) is 11.6 Å². The van der Waals surface area contributed by atoms with Crippen molar-refractivity contribution in [2.24, 2.45) is 0 Å². The van der Waals surface area contributed by atoms with Crippen LogP contribution in [0.15, 0.2) is 0 Å². The van der Waals surface area contributed by atoms with Gasteiger partial charge in [0.1, 0.15) is 0 Å². The smallest absolute Gasteiger partial charge is 0.223 e. The lowest BCUT2D eigenvalue weighted by atomic mass is 9.93. The van der Waals surface area contributed by atoms with Crippen molar-refractivity contribution in [3.63, 3.8) is 0 Å². The van der Waals surface area contributed by atoms with E-state index in [2.05, 4.69) is 13.8 Å².